The van der Waals surface area contributed by atoms with Crippen molar-refractivity contribution in [2.45, 2.75) is 25.9 Å². The van der Waals surface area contributed by atoms with Gasteiger partial charge in [0, 0.05) is 24.5 Å². The van der Waals surface area contributed by atoms with Gasteiger partial charge in [-0.1, -0.05) is 70.5 Å². The van der Waals surface area contributed by atoms with Crippen molar-refractivity contribution in [1.82, 2.24) is 10.2 Å². The van der Waals surface area contributed by atoms with E-state index in [1.165, 1.54) is 0 Å². The quantitative estimate of drug-likeness (QED) is 0.475. The van der Waals surface area contributed by atoms with Crippen molar-refractivity contribution in [1.29, 1.82) is 0 Å². The van der Waals surface area contributed by atoms with Gasteiger partial charge in [0.1, 0.15) is 11.8 Å². The number of aryl methyl sites for hydroxylation is 1. The highest BCUT2D eigenvalue weighted by molar-refractivity contribution is 9.10. The molecule has 6 heteroatoms. The van der Waals surface area contributed by atoms with Crippen molar-refractivity contribution >= 4 is 27.7 Å². The van der Waals surface area contributed by atoms with E-state index in [1.54, 1.807) is 11.9 Å². The van der Waals surface area contributed by atoms with Crippen LogP contribution in [0.1, 0.15) is 16.7 Å². The third-order valence-corrected chi connectivity index (χ3v) is 5.66. The van der Waals surface area contributed by atoms with Crippen LogP contribution in [-0.4, -0.2) is 36.4 Å². The molecule has 0 aliphatic rings. The lowest BCUT2D eigenvalue weighted by atomic mass is 10.0. The molecule has 0 unspecified atom stereocenters. The molecule has 3 aromatic carbocycles. The third-order valence-electron chi connectivity index (χ3n) is 5.14. The number of carbonyl (C=O) groups is 2. The molecule has 0 spiro atoms. The van der Waals surface area contributed by atoms with E-state index in [0.29, 0.717) is 18.7 Å². The normalized spacial score (nSPS) is 11.5. The third kappa shape index (κ3) is 6.69. The second kappa shape index (κ2) is 11.5. The van der Waals surface area contributed by atoms with Crippen molar-refractivity contribution in [3.8, 4) is 5.75 Å². The number of rotatable bonds is 9. The van der Waals surface area contributed by atoms with E-state index in [0.717, 1.165) is 21.2 Å². The topological polar surface area (TPSA) is 58.6 Å². The Kier molecular flexibility index (Phi) is 8.45. The zero-order valence-electron chi connectivity index (χ0n) is 18.3. The van der Waals surface area contributed by atoms with E-state index in [-0.39, 0.29) is 18.4 Å². The molecule has 0 saturated heterocycles. The predicted octanol–water partition coefficient (Wildman–Crippen LogP) is 4.52. The number of halogens is 1. The SMILES string of the molecule is CNC(=O)[C@H](Cc1ccccc1)N(Cc1ccc(Br)cc1)C(=O)COc1cccc(C)c1. The first kappa shape index (κ1) is 23.5. The second-order valence-electron chi connectivity index (χ2n) is 7.57. The Labute approximate surface area is 197 Å². The van der Waals surface area contributed by atoms with Crippen LogP contribution in [0.3, 0.4) is 0 Å². The lowest BCUT2D eigenvalue weighted by Crippen LogP contribution is -2.51. The molecule has 3 aromatic rings. The lowest BCUT2D eigenvalue weighted by molar-refractivity contribution is -0.142. The van der Waals surface area contributed by atoms with Gasteiger partial charge in [-0.3, -0.25) is 9.59 Å². The van der Waals surface area contributed by atoms with E-state index >= 15 is 0 Å². The molecule has 3 rings (SSSR count). The number of hydrogen-bond donors (Lipinski definition) is 1. The van der Waals surface area contributed by atoms with Crippen LogP contribution in [-0.2, 0) is 22.6 Å². The number of hydrogen-bond acceptors (Lipinski definition) is 3. The Balaban J connectivity index is 1.86. The minimum atomic E-state index is -0.667. The molecule has 32 heavy (non-hydrogen) atoms. The lowest BCUT2D eigenvalue weighted by Gasteiger charge is -2.31. The maximum atomic E-state index is 13.3. The first-order chi connectivity index (χ1) is 15.5. The molecule has 0 radical (unpaired) electrons. The Morgan fingerprint density at radius 1 is 0.969 bits per heavy atom. The highest BCUT2D eigenvalue weighted by Crippen LogP contribution is 2.18. The molecule has 0 heterocycles. The van der Waals surface area contributed by atoms with Crippen LogP contribution in [0.5, 0.6) is 5.75 Å². The maximum absolute atomic E-state index is 13.3. The number of likely N-dealkylation sites (N-methyl/N-ethyl adjacent to an activating group) is 1. The molecule has 0 aliphatic heterocycles. The average Bonchev–Trinajstić information content (AvgIpc) is 2.81. The minimum Gasteiger partial charge on any atom is -0.484 e. The van der Waals surface area contributed by atoms with E-state index < -0.39 is 6.04 Å². The van der Waals surface area contributed by atoms with Gasteiger partial charge in [0.2, 0.25) is 5.91 Å². The maximum Gasteiger partial charge on any atom is 0.261 e. The highest BCUT2D eigenvalue weighted by Gasteiger charge is 2.30. The van der Waals surface area contributed by atoms with Gasteiger partial charge in [-0.2, -0.15) is 0 Å². The molecule has 166 valence electrons. The molecule has 0 aliphatic carbocycles. The van der Waals surface area contributed by atoms with Gasteiger partial charge in [0.05, 0.1) is 0 Å². The van der Waals surface area contributed by atoms with E-state index in [9.17, 15) is 9.59 Å². The summed E-state index contributed by atoms with van der Waals surface area (Å²) in [5, 5.41) is 2.72. The van der Waals surface area contributed by atoms with Gasteiger partial charge in [-0.25, -0.2) is 0 Å². The number of nitrogens with zero attached hydrogens (tertiary/aromatic N) is 1. The molecule has 0 bridgehead atoms. The average molecular weight is 495 g/mol. The van der Waals surface area contributed by atoms with Crippen LogP contribution in [0, 0.1) is 6.92 Å². The predicted molar refractivity (Wildman–Crippen MR) is 129 cm³/mol. The van der Waals surface area contributed by atoms with Crippen molar-refractivity contribution in [2.75, 3.05) is 13.7 Å². The summed E-state index contributed by atoms with van der Waals surface area (Å²) in [7, 11) is 1.59. The fraction of sp³-hybridized carbons (Fsp3) is 0.231. The molecule has 5 nitrogen and oxygen atoms in total. The van der Waals surface area contributed by atoms with Crippen molar-refractivity contribution in [2.24, 2.45) is 0 Å². The largest absolute Gasteiger partial charge is 0.484 e. The minimum absolute atomic E-state index is 0.151. The molecular weight excluding hydrogens is 468 g/mol. The standard InChI is InChI=1S/C26H27BrN2O3/c1-19-7-6-10-23(15-19)32-18-25(30)29(17-21-11-13-22(27)14-12-21)24(26(31)28-2)16-20-8-4-3-5-9-20/h3-15,24H,16-18H2,1-2H3,(H,28,31)/t24-/m0/s1. The van der Waals surface area contributed by atoms with E-state index in [1.807, 2.05) is 85.8 Å². The van der Waals surface area contributed by atoms with Crippen LogP contribution < -0.4 is 10.1 Å². The fourth-order valence-electron chi connectivity index (χ4n) is 3.44. The van der Waals surface area contributed by atoms with E-state index in [4.69, 9.17) is 4.74 Å². The fourth-order valence-corrected chi connectivity index (χ4v) is 3.70. The number of ether oxygens (including phenoxy) is 1. The molecule has 1 atom stereocenters. The summed E-state index contributed by atoms with van der Waals surface area (Å²) in [5.41, 5.74) is 2.96. The van der Waals surface area contributed by atoms with Gasteiger partial charge < -0.3 is 15.0 Å². The number of carbonyl (C=O) groups excluding carboxylic acids is 2. The number of nitrogens with one attached hydrogen (secondary N) is 1. The van der Waals surface area contributed by atoms with Crippen LogP contribution >= 0.6 is 15.9 Å². The van der Waals surface area contributed by atoms with Gasteiger partial charge in [-0.15, -0.1) is 0 Å². The second-order valence-corrected chi connectivity index (χ2v) is 8.49. The van der Waals surface area contributed by atoms with Crippen LogP contribution in [0.2, 0.25) is 0 Å². The highest BCUT2D eigenvalue weighted by atomic mass is 79.9. The summed E-state index contributed by atoms with van der Waals surface area (Å²) in [5.74, 6) is 0.162. The summed E-state index contributed by atoms with van der Waals surface area (Å²) >= 11 is 3.44. The zero-order chi connectivity index (χ0) is 22.9. The van der Waals surface area contributed by atoms with Gasteiger partial charge in [0.15, 0.2) is 6.61 Å². The summed E-state index contributed by atoms with van der Waals surface area (Å²) in [6.07, 6.45) is 0.410. The molecule has 2 amide bonds. The van der Waals surface area contributed by atoms with E-state index in [2.05, 4.69) is 21.2 Å². The Morgan fingerprint density at radius 3 is 2.34 bits per heavy atom. The summed E-state index contributed by atoms with van der Waals surface area (Å²) in [4.78, 5) is 27.8. The Morgan fingerprint density at radius 2 is 1.69 bits per heavy atom. The monoisotopic (exact) mass is 494 g/mol. The zero-order valence-corrected chi connectivity index (χ0v) is 19.8. The van der Waals surface area contributed by atoms with Crippen molar-refractivity contribution < 1.29 is 14.3 Å². The molecular formula is C26H27BrN2O3. The molecule has 1 N–H and O–H groups in total. The van der Waals surface area contributed by atoms with Crippen LogP contribution in [0.4, 0.5) is 0 Å². The first-order valence-electron chi connectivity index (χ1n) is 10.4. The van der Waals surface area contributed by atoms with Gasteiger partial charge in [-0.05, 0) is 47.9 Å². The summed E-state index contributed by atoms with van der Waals surface area (Å²) in [6.45, 7) is 2.12. The Bertz CT molecular complexity index is 1040. The molecule has 0 saturated carbocycles. The van der Waals surface area contributed by atoms with Crippen LogP contribution in [0.15, 0.2) is 83.3 Å². The number of benzene rings is 3. The molecule has 0 aromatic heterocycles. The summed E-state index contributed by atoms with van der Waals surface area (Å²) < 4.78 is 6.72. The number of amides is 2. The van der Waals surface area contributed by atoms with Crippen molar-refractivity contribution in [3.63, 3.8) is 0 Å². The first-order valence-corrected chi connectivity index (χ1v) is 11.2. The Hall–Kier alpha value is -3.12. The van der Waals surface area contributed by atoms with Crippen molar-refractivity contribution in [3.05, 3.63) is 100 Å². The summed E-state index contributed by atoms with van der Waals surface area (Å²) in [6, 6.07) is 24.3. The molecule has 0 fully saturated rings. The van der Waals surface area contributed by atoms with Gasteiger partial charge >= 0.3 is 0 Å². The van der Waals surface area contributed by atoms with Gasteiger partial charge in [0.25, 0.3) is 5.91 Å². The smallest absolute Gasteiger partial charge is 0.261 e. The van der Waals surface area contributed by atoms with Crippen LogP contribution in [0.25, 0.3) is 0 Å².